The van der Waals surface area contributed by atoms with Crippen LogP contribution in [-0.4, -0.2) is 49.0 Å². The number of nitrogens with zero attached hydrogens (tertiary/aromatic N) is 8. The van der Waals surface area contributed by atoms with Gasteiger partial charge in [-0.1, -0.05) is 0 Å². The maximum atomic E-state index is 9.57. The van der Waals surface area contributed by atoms with E-state index in [1.807, 2.05) is 37.8 Å². The van der Waals surface area contributed by atoms with Gasteiger partial charge in [-0.25, -0.2) is 14.5 Å². The first-order valence-corrected chi connectivity index (χ1v) is 10.3. The van der Waals surface area contributed by atoms with Crippen molar-refractivity contribution in [2.24, 2.45) is 18.7 Å². The van der Waals surface area contributed by atoms with Crippen LogP contribution >= 0.6 is 0 Å². The van der Waals surface area contributed by atoms with Crippen molar-refractivity contribution >= 4 is 11.3 Å². The molecule has 1 fully saturated rings. The number of anilines is 1. The number of nitrogens with two attached hydrogens (primary N) is 1. The van der Waals surface area contributed by atoms with Crippen LogP contribution in [0.15, 0.2) is 43.1 Å². The van der Waals surface area contributed by atoms with Crippen LogP contribution in [-0.2, 0) is 7.05 Å². The first-order valence-electron chi connectivity index (χ1n) is 10.3. The van der Waals surface area contributed by atoms with Gasteiger partial charge in [-0.15, -0.1) is 0 Å². The van der Waals surface area contributed by atoms with Crippen molar-refractivity contribution in [3.8, 4) is 28.6 Å². The van der Waals surface area contributed by atoms with Crippen molar-refractivity contribution in [3.63, 3.8) is 0 Å². The van der Waals surface area contributed by atoms with Crippen LogP contribution in [0.2, 0.25) is 0 Å². The number of hydrogen-bond donors (Lipinski definition) is 1. The minimum Gasteiger partial charge on any atom is -0.356 e. The van der Waals surface area contributed by atoms with Crippen LogP contribution < -0.4 is 10.6 Å². The lowest BCUT2D eigenvalue weighted by molar-refractivity contribution is 0.422. The second kappa shape index (κ2) is 7.81. The fourth-order valence-corrected chi connectivity index (χ4v) is 4.17. The lowest BCUT2D eigenvalue weighted by atomic mass is 9.98. The smallest absolute Gasteiger partial charge is 0.128 e. The second-order valence-electron chi connectivity index (χ2n) is 7.94. The van der Waals surface area contributed by atoms with E-state index in [9.17, 15) is 5.26 Å². The number of nitriles is 1. The van der Waals surface area contributed by atoms with Crippen molar-refractivity contribution < 1.29 is 0 Å². The molecule has 1 saturated heterocycles. The fraction of sp³-hybridized carbons (Fsp3) is 0.318. The van der Waals surface area contributed by atoms with Gasteiger partial charge in [0.2, 0.25) is 0 Å². The van der Waals surface area contributed by atoms with E-state index in [1.165, 1.54) is 6.42 Å². The Labute approximate surface area is 179 Å². The van der Waals surface area contributed by atoms with E-state index < -0.39 is 0 Å². The molecule has 0 aliphatic carbocycles. The third kappa shape index (κ3) is 3.51. The van der Waals surface area contributed by atoms with Crippen molar-refractivity contribution in [3.05, 3.63) is 48.7 Å². The zero-order chi connectivity index (χ0) is 21.4. The van der Waals surface area contributed by atoms with Crippen LogP contribution in [0.3, 0.4) is 0 Å². The number of piperidine rings is 1. The summed E-state index contributed by atoms with van der Waals surface area (Å²) >= 11 is 0. The minimum atomic E-state index is 0.478. The Hall–Kier alpha value is -3.77. The highest BCUT2D eigenvalue weighted by Gasteiger charge is 2.21. The molecule has 0 bridgehead atoms. The molecule has 1 aliphatic rings. The van der Waals surface area contributed by atoms with Gasteiger partial charge >= 0.3 is 0 Å². The van der Waals surface area contributed by atoms with Gasteiger partial charge in [-0.05, 0) is 37.4 Å². The molecular weight excluding hydrogens is 390 g/mol. The quantitative estimate of drug-likeness (QED) is 0.546. The van der Waals surface area contributed by atoms with E-state index in [-0.39, 0.29) is 0 Å². The Bertz CT molecular complexity index is 1260. The predicted octanol–water partition coefficient (Wildman–Crippen LogP) is 2.24. The summed E-state index contributed by atoms with van der Waals surface area (Å²) in [5.41, 5.74) is 10.2. The molecule has 0 spiro atoms. The third-order valence-corrected chi connectivity index (χ3v) is 5.82. The van der Waals surface area contributed by atoms with E-state index in [0.29, 0.717) is 29.2 Å². The zero-order valence-corrected chi connectivity index (χ0v) is 17.3. The van der Waals surface area contributed by atoms with E-state index in [0.717, 1.165) is 42.1 Å². The summed E-state index contributed by atoms with van der Waals surface area (Å²) in [6, 6.07) is 6.25. The Morgan fingerprint density at radius 1 is 1.16 bits per heavy atom. The molecule has 0 unspecified atom stereocenters. The van der Waals surface area contributed by atoms with Crippen LogP contribution in [0.1, 0.15) is 18.4 Å². The SMILES string of the molecule is Cn1cc(-c2cn3ncc(C#N)c3c(-c3ccc(N4CCC[C@@H](CN)C4)nc3)n2)cn1. The number of pyridine rings is 1. The van der Waals surface area contributed by atoms with Crippen LogP contribution in [0.25, 0.3) is 28.0 Å². The van der Waals surface area contributed by atoms with Gasteiger partial charge in [0.15, 0.2) is 0 Å². The Morgan fingerprint density at radius 2 is 2.06 bits per heavy atom. The normalized spacial score (nSPS) is 16.5. The first kappa shape index (κ1) is 19.2. The largest absolute Gasteiger partial charge is 0.356 e. The number of hydrogen-bond acceptors (Lipinski definition) is 7. The van der Waals surface area contributed by atoms with Crippen LogP contribution in [0.5, 0.6) is 0 Å². The minimum absolute atomic E-state index is 0.478. The van der Waals surface area contributed by atoms with Gasteiger partial charge < -0.3 is 10.6 Å². The molecule has 156 valence electrons. The van der Waals surface area contributed by atoms with Gasteiger partial charge in [0, 0.05) is 43.7 Å². The Kier molecular flexibility index (Phi) is 4.84. The molecule has 0 amide bonds. The molecule has 5 rings (SSSR count). The monoisotopic (exact) mass is 413 g/mol. The standard InChI is InChI=1S/C22H23N9/c1-29-13-18(11-26-29)19-14-31-22(17(8-24)10-27-31)21(28-19)16-4-5-20(25-9-16)30-6-2-3-15(7-23)12-30/h4-5,9-11,13-15H,2-3,6-7,12,23H2,1H3/t15-/m0/s1. The summed E-state index contributed by atoms with van der Waals surface area (Å²) in [5.74, 6) is 1.45. The first-order chi connectivity index (χ1) is 15.2. The fourth-order valence-electron chi connectivity index (χ4n) is 4.17. The highest BCUT2D eigenvalue weighted by Crippen LogP contribution is 2.30. The molecule has 0 aromatic carbocycles. The molecule has 9 heteroatoms. The highest BCUT2D eigenvalue weighted by atomic mass is 15.2. The summed E-state index contributed by atoms with van der Waals surface area (Å²) in [6.07, 6.45) is 11.2. The summed E-state index contributed by atoms with van der Waals surface area (Å²) < 4.78 is 3.43. The highest BCUT2D eigenvalue weighted by molar-refractivity contribution is 5.83. The van der Waals surface area contributed by atoms with E-state index >= 15 is 0 Å². The molecule has 0 radical (unpaired) electrons. The average molecular weight is 413 g/mol. The van der Waals surface area contributed by atoms with Crippen molar-refractivity contribution in [1.82, 2.24) is 29.4 Å². The third-order valence-electron chi connectivity index (χ3n) is 5.82. The predicted molar refractivity (Wildman–Crippen MR) is 117 cm³/mol. The number of aryl methyl sites for hydroxylation is 1. The average Bonchev–Trinajstić information content (AvgIpc) is 3.44. The number of rotatable bonds is 4. The maximum absolute atomic E-state index is 9.57. The lowest BCUT2D eigenvalue weighted by Crippen LogP contribution is -2.38. The van der Waals surface area contributed by atoms with Crippen LogP contribution in [0, 0.1) is 17.2 Å². The molecular formula is C22H23N9. The van der Waals surface area contributed by atoms with Crippen molar-refractivity contribution in [2.75, 3.05) is 24.5 Å². The number of aromatic nitrogens is 6. The topological polar surface area (TPSA) is 114 Å². The zero-order valence-electron chi connectivity index (χ0n) is 17.3. The van der Waals surface area contributed by atoms with Crippen molar-refractivity contribution in [2.45, 2.75) is 12.8 Å². The van der Waals surface area contributed by atoms with Crippen LogP contribution in [0.4, 0.5) is 5.82 Å². The van der Waals surface area contributed by atoms with Crippen molar-refractivity contribution in [1.29, 1.82) is 5.26 Å². The van der Waals surface area contributed by atoms with Gasteiger partial charge in [0.25, 0.3) is 0 Å². The summed E-state index contributed by atoms with van der Waals surface area (Å²) in [7, 11) is 1.86. The van der Waals surface area contributed by atoms with Gasteiger partial charge in [0.1, 0.15) is 23.0 Å². The Morgan fingerprint density at radius 3 is 2.77 bits per heavy atom. The van der Waals surface area contributed by atoms with Gasteiger partial charge in [0.05, 0.1) is 30.0 Å². The second-order valence-corrected chi connectivity index (χ2v) is 7.94. The van der Waals surface area contributed by atoms with E-state index in [1.54, 1.807) is 21.6 Å². The Balaban J connectivity index is 1.57. The van der Waals surface area contributed by atoms with E-state index in [4.69, 9.17) is 15.7 Å². The lowest BCUT2D eigenvalue weighted by Gasteiger charge is -2.33. The van der Waals surface area contributed by atoms with Gasteiger partial charge in [-0.3, -0.25) is 4.68 Å². The van der Waals surface area contributed by atoms with E-state index in [2.05, 4.69) is 21.2 Å². The molecule has 1 atom stereocenters. The summed E-state index contributed by atoms with van der Waals surface area (Å²) in [4.78, 5) is 11.9. The van der Waals surface area contributed by atoms with Gasteiger partial charge in [-0.2, -0.15) is 15.5 Å². The number of fused-ring (bicyclic) bond motifs is 1. The molecule has 5 heterocycles. The summed E-state index contributed by atoms with van der Waals surface area (Å²) in [5, 5.41) is 18.2. The molecule has 4 aromatic heterocycles. The molecule has 4 aromatic rings. The molecule has 9 nitrogen and oxygen atoms in total. The molecule has 31 heavy (non-hydrogen) atoms. The molecule has 1 aliphatic heterocycles. The molecule has 0 saturated carbocycles. The summed E-state index contributed by atoms with van der Waals surface area (Å²) in [6.45, 7) is 2.63. The maximum Gasteiger partial charge on any atom is 0.128 e. The molecule has 2 N–H and O–H groups in total.